The first-order chi connectivity index (χ1) is 9.73. The molecule has 1 atom stereocenters. The Morgan fingerprint density at radius 2 is 1.90 bits per heavy atom. The molecule has 0 aliphatic heterocycles. The van der Waals surface area contributed by atoms with Gasteiger partial charge in [0.2, 0.25) is 0 Å². The summed E-state index contributed by atoms with van der Waals surface area (Å²) in [6.07, 6.45) is 4.70. The fourth-order valence-electron chi connectivity index (χ4n) is 2.95. The van der Waals surface area contributed by atoms with E-state index in [1.165, 1.54) is 24.8 Å². The fourth-order valence-corrected chi connectivity index (χ4v) is 2.95. The van der Waals surface area contributed by atoms with Crippen molar-refractivity contribution in [2.24, 2.45) is 0 Å². The topological polar surface area (TPSA) is 30.5 Å². The predicted molar refractivity (Wildman–Crippen MR) is 82.2 cm³/mol. The molecule has 0 aromatic heterocycles. The lowest BCUT2D eigenvalue weighted by atomic mass is 9.74. The standard InChI is InChI=1S/C17H27NO2/c1-4-18-16(13-17(19-3)11-6-12-17)14-7-9-15(10-8-14)20-5-2/h7-10,16,18H,4-6,11-13H2,1-3H3. The molecule has 3 nitrogen and oxygen atoms in total. The summed E-state index contributed by atoms with van der Waals surface area (Å²) in [5.74, 6) is 0.941. The molecule has 1 aromatic rings. The number of nitrogens with one attached hydrogen (secondary N) is 1. The second-order valence-electron chi connectivity index (χ2n) is 5.56. The summed E-state index contributed by atoms with van der Waals surface area (Å²) in [6.45, 7) is 5.84. The highest BCUT2D eigenvalue weighted by molar-refractivity contribution is 5.29. The average Bonchev–Trinajstić information content (AvgIpc) is 2.43. The van der Waals surface area contributed by atoms with Crippen molar-refractivity contribution >= 4 is 0 Å². The Hall–Kier alpha value is -1.06. The van der Waals surface area contributed by atoms with Crippen molar-refractivity contribution in [3.63, 3.8) is 0 Å². The van der Waals surface area contributed by atoms with E-state index in [0.29, 0.717) is 12.6 Å². The zero-order chi connectivity index (χ0) is 14.4. The number of ether oxygens (including phenoxy) is 2. The summed E-state index contributed by atoms with van der Waals surface area (Å²) >= 11 is 0. The number of benzene rings is 1. The SMILES string of the molecule is CCNC(CC1(OC)CCC1)c1ccc(OCC)cc1. The van der Waals surface area contributed by atoms with Crippen LogP contribution in [0.4, 0.5) is 0 Å². The third-order valence-electron chi connectivity index (χ3n) is 4.32. The molecular formula is C17H27NO2. The normalized spacial score (nSPS) is 18.4. The molecule has 0 radical (unpaired) electrons. The lowest BCUT2D eigenvalue weighted by Gasteiger charge is -2.43. The van der Waals surface area contributed by atoms with Crippen molar-refractivity contribution in [2.45, 2.75) is 51.2 Å². The van der Waals surface area contributed by atoms with Gasteiger partial charge in [0.25, 0.3) is 0 Å². The summed E-state index contributed by atoms with van der Waals surface area (Å²) < 4.78 is 11.3. The Labute approximate surface area is 122 Å². The molecule has 1 fully saturated rings. The van der Waals surface area contributed by atoms with Gasteiger partial charge in [0.05, 0.1) is 12.2 Å². The van der Waals surface area contributed by atoms with Gasteiger partial charge in [-0.25, -0.2) is 0 Å². The number of hydrogen-bond donors (Lipinski definition) is 1. The summed E-state index contributed by atoms with van der Waals surface area (Å²) in [5, 5.41) is 3.59. The Bertz CT molecular complexity index is 392. The monoisotopic (exact) mass is 277 g/mol. The van der Waals surface area contributed by atoms with Crippen LogP contribution in [0, 0.1) is 0 Å². The van der Waals surface area contributed by atoms with E-state index in [1.54, 1.807) is 0 Å². The van der Waals surface area contributed by atoms with Crippen LogP contribution in [0.5, 0.6) is 5.75 Å². The highest BCUT2D eigenvalue weighted by atomic mass is 16.5. The molecular weight excluding hydrogens is 250 g/mol. The van der Waals surface area contributed by atoms with Gasteiger partial charge in [-0.15, -0.1) is 0 Å². The fraction of sp³-hybridized carbons (Fsp3) is 0.647. The molecule has 3 heteroatoms. The van der Waals surface area contributed by atoms with E-state index in [9.17, 15) is 0 Å². The summed E-state index contributed by atoms with van der Waals surface area (Å²) in [6, 6.07) is 8.81. The van der Waals surface area contributed by atoms with E-state index in [1.807, 2.05) is 14.0 Å². The van der Waals surface area contributed by atoms with Crippen molar-refractivity contribution in [3.05, 3.63) is 29.8 Å². The van der Waals surface area contributed by atoms with Crippen LogP contribution in [-0.2, 0) is 4.74 Å². The average molecular weight is 277 g/mol. The van der Waals surface area contributed by atoms with Gasteiger partial charge < -0.3 is 14.8 Å². The van der Waals surface area contributed by atoms with Crippen LogP contribution in [0.15, 0.2) is 24.3 Å². The van der Waals surface area contributed by atoms with Gasteiger partial charge in [-0.1, -0.05) is 19.1 Å². The minimum absolute atomic E-state index is 0.0887. The second kappa shape index (κ2) is 7.09. The lowest BCUT2D eigenvalue weighted by Crippen LogP contribution is -2.42. The van der Waals surface area contributed by atoms with Gasteiger partial charge in [-0.05, 0) is 56.8 Å². The van der Waals surface area contributed by atoms with Crippen molar-refractivity contribution in [1.82, 2.24) is 5.32 Å². The second-order valence-corrected chi connectivity index (χ2v) is 5.56. The van der Waals surface area contributed by atoms with Crippen LogP contribution in [-0.4, -0.2) is 25.9 Å². The molecule has 1 unspecified atom stereocenters. The molecule has 1 aliphatic rings. The van der Waals surface area contributed by atoms with Crippen LogP contribution in [0.3, 0.4) is 0 Å². The smallest absolute Gasteiger partial charge is 0.119 e. The molecule has 0 spiro atoms. The van der Waals surface area contributed by atoms with E-state index < -0.39 is 0 Å². The van der Waals surface area contributed by atoms with Crippen LogP contribution in [0.1, 0.15) is 51.1 Å². The van der Waals surface area contributed by atoms with Crippen molar-refractivity contribution in [3.8, 4) is 5.75 Å². The third-order valence-corrected chi connectivity index (χ3v) is 4.32. The molecule has 0 saturated heterocycles. The van der Waals surface area contributed by atoms with E-state index in [0.717, 1.165) is 18.7 Å². The number of methoxy groups -OCH3 is 1. The molecule has 1 aliphatic carbocycles. The molecule has 2 rings (SSSR count). The first-order valence-corrected chi connectivity index (χ1v) is 7.74. The van der Waals surface area contributed by atoms with Gasteiger partial charge in [0.1, 0.15) is 5.75 Å². The maximum Gasteiger partial charge on any atom is 0.119 e. The molecule has 1 N–H and O–H groups in total. The minimum Gasteiger partial charge on any atom is -0.494 e. The lowest BCUT2D eigenvalue weighted by molar-refractivity contribution is -0.0837. The molecule has 20 heavy (non-hydrogen) atoms. The van der Waals surface area contributed by atoms with Crippen molar-refractivity contribution < 1.29 is 9.47 Å². The molecule has 0 bridgehead atoms. The molecule has 0 amide bonds. The Kier molecular flexibility index (Phi) is 5.44. The third kappa shape index (κ3) is 3.53. The van der Waals surface area contributed by atoms with Crippen molar-refractivity contribution in [2.75, 3.05) is 20.3 Å². The molecule has 1 aromatic carbocycles. The predicted octanol–water partition coefficient (Wildman–Crippen LogP) is 3.70. The highest BCUT2D eigenvalue weighted by Gasteiger charge is 2.39. The molecule has 1 saturated carbocycles. The maximum atomic E-state index is 5.77. The summed E-state index contributed by atoms with van der Waals surface area (Å²) in [4.78, 5) is 0. The van der Waals surface area contributed by atoms with Crippen LogP contribution >= 0.6 is 0 Å². The van der Waals surface area contributed by atoms with Gasteiger partial charge in [0, 0.05) is 13.2 Å². The number of hydrogen-bond acceptors (Lipinski definition) is 3. The van der Waals surface area contributed by atoms with Crippen LogP contribution < -0.4 is 10.1 Å². The Morgan fingerprint density at radius 1 is 1.20 bits per heavy atom. The Morgan fingerprint density at radius 3 is 2.35 bits per heavy atom. The number of rotatable bonds is 8. The van der Waals surface area contributed by atoms with Gasteiger partial charge in [0.15, 0.2) is 0 Å². The quantitative estimate of drug-likeness (QED) is 0.786. The van der Waals surface area contributed by atoms with E-state index >= 15 is 0 Å². The Balaban J connectivity index is 2.07. The first-order valence-electron chi connectivity index (χ1n) is 7.74. The van der Waals surface area contributed by atoms with Crippen LogP contribution in [0.25, 0.3) is 0 Å². The first kappa shape index (κ1) is 15.3. The van der Waals surface area contributed by atoms with Gasteiger partial charge in [-0.2, -0.15) is 0 Å². The maximum absolute atomic E-state index is 5.77. The van der Waals surface area contributed by atoms with E-state index in [2.05, 4.69) is 36.5 Å². The molecule has 112 valence electrons. The summed E-state index contributed by atoms with van der Waals surface area (Å²) in [5.41, 5.74) is 1.41. The molecule has 0 heterocycles. The van der Waals surface area contributed by atoms with E-state index in [-0.39, 0.29) is 5.60 Å². The summed E-state index contributed by atoms with van der Waals surface area (Å²) in [7, 11) is 1.85. The van der Waals surface area contributed by atoms with Gasteiger partial charge in [-0.3, -0.25) is 0 Å². The largest absolute Gasteiger partial charge is 0.494 e. The van der Waals surface area contributed by atoms with Crippen LogP contribution in [0.2, 0.25) is 0 Å². The highest BCUT2D eigenvalue weighted by Crippen LogP contribution is 2.41. The van der Waals surface area contributed by atoms with Gasteiger partial charge >= 0.3 is 0 Å². The minimum atomic E-state index is 0.0887. The zero-order valence-electron chi connectivity index (χ0n) is 12.9. The van der Waals surface area contributed by atoms with Crippen molar-refractivity contribution in [1.29, 1.82) is 0 Å². The zero-order valence-corrected chi connectivity index (χ0v) is 12.9. The van der Waals surface area contributed by atoms with E-state index in [4.69, 9.17) is 9.47 Å².